The number of sulfonamides is 1. The quantitative estimate of drug-likeness (QED) is 0.532. The Morgan fingerprint density at radius 2 is 1.49 bits per heavy atom. The molecule has 0 radical (unpaired) electrons. The SMILES string of the molecule is Cc1ccc(S(=O)(=O)N(CC(=O)Nc2ccc(N3CCOCC3)cc2)c2cc(C)cc(C)c2)cc1. The largest absolute Gasteiger partial charge is 0.378 e. The minimum absolute atomic E-state index is 0.143. The topological polar surface area (TPSA) is 79.0 Å². The number of nitrogens with zero attached hydrogens (tertiary/aromatic N) is 2. The maximum absolute atomic E-state index is 13.6. The van der Waals surface area contributed by atoms with Crippen molar-refractivity contribution in [2.75, 3.05) is 47.4 Å². The van der Waals surface area contributed by atoms with Gasteiger partial charge in [0.25, 0.3) is 10.0 Å². The van der Waals surface area contributed by atoms with Crippen LogP contribution in [0.25, 0.3) is 0 Å². The fourth-order valence-corrected chi connectivity index (χ4v) is 5.56. The molecule has 1 heterocycles. The molecule has 0 aromatic heterocycles. The second-order valence-corrected chi connectivity index (χ2v) is 10.7. The highest BCUT2D eigenvalue weighted by Crippen LogP contribution is 2.26. The van der Waals surface area contributed by atoms with Crippen LogP contribution >= 0.6 is 0 Å². The van der Waals surface area contributed by atoms with Gasteiger partial charge in [-0.25, -0.2) is 8.42 Å². The molecule has 0 spiro atoms. The number of amides is 1. The first kappa shape index (κ1) is 24.8. The zero-order chi connectivity index (χ0) is 25.0. The van der Waals surface area contributed by atoms with Gasteiger partial charge in [0.15, 0.2) is 0 Å². The van der Waals surface area contributed by atoms with E-state index in [0.29, 0.717) is 24.6 Å². The van der Waals surface area contributed by atoms with Crippen LogP contribution in [0.3, 0.4) is 0 Å². The van der Waals surface area contributed by atoms with Crippen molar-refractivity contribution in [3.05, 3.63) is 83.4 Å². The van der Waals surface area contributed by atoms with Gasteiger partial charge < -0.3 is 15.0 Å². The second kappa shape index (κ2) is 10.5. The number of anilines is 3. The molecule has 0 unspecified atom stereocenters. The van der Waals surface area contributed by atoms with Gasteiger partial charge >= 0.3 is 0 Å². The molecule has 1 N–H and O–H groups in total. The fraction of sp³-hybridized carbons (Fsp3) is 0.296. The van der Waals surface area contributed by atoms with Crippen molar-refractivity contribution in [1.82, 2.24) is 0 Å². The van der Waals surface area contributed by atoms with E-state index in [0.717, 1.165) is 35.5 Å². The van der Waals surface area contributed by atoms with E-state index < -0.39 is 15.9 Å². The van der Waals surface area contributed by atoms with Crippen molar-refractivity contribution < 1.29 is 17.9 Å². The van der Waals surface area contributed by atoms with Crippen LogP contribution in [0.15, 0.2) is 71.6 Å². The van der Waals surface area contributed by atoms with Crippen LogP contribution in [0.5, 0.6) is 0 Å². The van der Waals surface area contributed by atoms with Gasteiger partial charge in [-0.2, -0.15) is 0 Å². The molecule has 184 valence electrons. The van der Waals surface area contributed by atoms with Crippen LogP contribution < -0.4 is 14.5 Å². The maximum atomic E-state index is 13.6. The summed E-state index contributed by atoms with van der Waals surface area (Å²) in [5.74, 6) is -0.418. The zero-order valence-corrected chi connectivity index (χ0v) is 21.1. The van der Waals surface area contributed by atoms with Crippen molar-refractivity contribution in [1.29, 1.82) is 0 Å². The molecule has 3 aromatic carbocycles. The molecular formula is C27H31N3O4S. The van der Waals surface area contributed by atoms with Crippen LogP contribution in [0.4, 0.5) is 17.1 Å². The minimum atomic E-state index is -3.96. The van der Waals surface area contributed by atoms with E-state index in [4.69, 9.17) is 4.74 Å². The van der Waals surface area contributed by atoms with Gasteiger partial charge in [-0.05, 0) is 80.4 Å². The molecule has 1 aliphatic rings. The van der Waals surface area contributed by atoms with Gasteiger partial charge in [0.1, 0.15) is 6.54 Å². The molecule has 1 aliphatic heterocycles. The third-order valence-corrected chi connectivity index (χ3v) is 7.71. The average Bonchev–Trinajstić information content (AvgIpc) is 2.83. The van der Waals surface area contributed by atoms with Crippen molar-refractivity contribution in [3.63, 3.8) is 0 Å². The molecule has 0 atom stereocenters. The van der Waals surface area contributed by atoms with Crippen molar-refractivity contribution in [3.8, 4) is 0 Å². The van der Waals surface area contributed by atoms with E-state index in [1.165, 1.54) is 4.31 Å². The standard InChI is InChI=1S/C27H31N3O4S/c1-20-4-10-26(11-5-20)35(32,33)30(25-17-21(2)16-22(3)18-25)19-27(31)28-23-6-8-24(9-7-23)29-12-14-34-15-13-29/h4-11,16-18H,12-15,19H2,1-3H3,(H,28,31). The molecule has 8 heteroatoms. The Morgan fingerprint density at radius 1 is 0.886 bits per heavy atom. The smallest absolute Gasteiger partial charge is 0.264 e. The second-order valence-electron chi connectivity index (χ2n) is 8.87. The summed E-state index contributed by atoms with van der Waals surface area (Å²) in [6, 6.07) is 19.7. The van der Waals surface area contributed by atoms with Crippen molar-refractivity contribution in [2.24, 2.45) is 0 Å². The Bertz CT molecular complexity index is 1260. The van der Waals surface area contributed by atoms with Gasteiger partial charge in [0.05, 0.1) is 23.8 Å². The highest BCUT2D eigenvalue weighted by atomic mass is 32.2. The number of hydrogen-bond acceptors (Lipinski definition) is 5. The van der Waals surface area contributed by atoms with Crippen LogP contribution in [-0.2, 0) is 19.6 Å². The molecule has 1 amide bonds. The first-order valence-corrected chi connectivity index (χ1v) is 13.1. The van der Waals surface area contributed by atoms with Crippen molar-refractivity contribution >= 4 is 33.0 Å². The van der Waals surface area contributed by atoms with E-state index in [-0.39, 0.29) is 11.4 Å². The van der Waals surface area contributed by atoms with E-state index in [2.05, 4.69) is 10.2 Å². The summed E-state index contributed by atoms with van der Waals surface area (Å²) in [5.41, 5.74) is 4.93. The minimum Gasteiger partial charge on any atom is -0.378 e. The molecule has 35 heavy (non-hydrogen) atoms. The van der Waals surface area contributed by atoms with E-state index >= 15 is 0 Å². The highest BCUT2D eigenvalue weighted by molar-refractivity contribution is 7.92. The highest BCUT2D eigenvalue weighted by Gasteiger charge is 2.27. The summed E-state index contributed by atoms with van der Waals surface area (Å²) in [7, 11) is -3.96. The predicted molar refractivity (Wildman–Crippen MR) is 140 cm³/mol. The summed E-state index contributed by atoms with van der Waals surface area (Å²) in [6.07, 6.45) is 0. The van der Waals surface area contributed by atoms with Crippen LogP contribution in [0.2, 0.25) is 0 Å². The number of hydrogen-bond donors (Lipinski definition) is 1. The monoisotopic (exact) mass is 493 g/mol. The van der Waals surface area contributed by atoms with Gasteiger partial charge in [0, 0.05) is 24.5 Å². The summed E-state index contributed by atoms with van der Waals surface area (Å²) in [4.78, 5) is 15.4. The predicted octanol–water partition coefficient (Wildman–Crippen LogP) is 4.28. The normalized spacial score (nSPS) is 14.0. The van der Waals surface area contributed by atoms with Crippen LogP contribution in [-0.4, -0.2) is 47.2 Å². The number of ether oxygens (including phenoxy) is 1. The molecular weight excluding hydrogens is 462 g/mol. The lowest BCUT2D eigenvalue weighted by Gasteiger charge is -2.29. The number of aryl methyl sites for hydroxylation is 3. The van der Waals surface area contributed by atoms with Crippen LogP contribution in [0.1, 0.15) is 16.7 Å². The lowest BCUT2D eigenvalue weighted by Crippen LogP contribution is -2.38. The Kier molecular flexibility index (Phi) is 7.42. The molecule has 1 fully saturated rings. The number of carbonyl (C=O) groups excluding carboxylic acids is 1. The zero-order valence-electron chi connectivity index (χ0n) is 20.3. The number of rotatable bonds is 7. The lowest BCUT2D eigenvalue weighted by atomic mass is 10.1. The third kappa shape index (κ3) is 6.01. The first-order chi connectivity index (χ1) is 16.7. The number of benzene rings is 3. The molecule has 1 saturated heterocycles. The Balaban J connectivity index is 1.57. The average molecular weight is 494 g/mol. The van der Waals surface area contributed by atoms with Crippen LogP contribution in [0, 0.1) is 20.8 Å². The molecule has 0 bridgehead atoms. The molecule has 4 rings (SSSR count). The van der Waals surface area contributed by atoms with E-state index in [9.17, 15) is 13.2 Å². The van der Waals surface area contributed by atoms with Gasteiger partial charge in [0.2, 0.25) is 5.91 Å². The number of morpholine rings is 1. The maximum Gasteiger partial charge on any atom is 0.264 e. The van der Waals surface area contributed by atoms with E-state index in [1.807, 2.05) is 51.1 Å². The summed E-state index contributed by atoms with van der Waals surface area (Å²) in [6.45, 7) is 8.41. The summed E-state index contributed by atoms with van der Waals surface area (Å²) in [5, 5.41) is 2.85. The Labute approximate surface area is 207 Å². The van der Waals surface area contributed by atoms with Gasteiger partial charge in [-0.1, -0.05) is 23.8 Å². The molecule has 7 nitrogen and oxygen atoms in total. The summed E-state index contributed by atoms with van der Waals surface area (Å²) < 4.78 is 33.8. The third-order valence-electron chi connectivity index (χ3n) is 5.92. The van der Waals surface area contributed by atoms with Gasteiger partial charge in [-0.15, -0.1) is 0 Å². The molecule has 0 saturated carbocycles. The number of carbonyl (C=O) groups is 1. The van der Waals surface area contributed by atoms with Gasteiger partial charge in [-0.3, -0.25) is 9.10 Å². The number of nitrogens with one attached hydrogen (secondary N) is 1. The Hall–Kier alpha value is -3.36. The molecule has 3 aromatic rings. The summed E-state index contributed by atoms with van der Waals surface area (Å²) >= 11 is 0. The van der Waals surface area contributed by atoms with Crippen molar-refractivity contribution in [2.45, 2.75) is 25.7 Å². The fourth-order valence-electron chi connectivity index (χ4n) is 4.16. The van der Waals surface area contributed by atoms with E-state index in [1.54, 1.807) is 36.4 Å². The Morgan fingerprint density at radius 3 is 2.09 bits per heavy atom. The lowest BCUT2D eigenvalue weighted by molar-refractivity contribution is -0.114. The first-order valence-electron chi connectivity index (χ1n) is 11.6. The molecule has 0 aliphatic carbocycles.